The molecule has 0 bridgehead atoms. The molecule has 3 N–H and O–H groups in total. The zero-order valence-corrected chi connectivity index (χ0v) is 14.0. The van der Waals surface area contributed by atoms with Crippen LogP contribution >= 0.6 is 39.7 Å². The van der Waals surface area contributed by atoms with E-state index in [1.165, 1.54) is 0 Å². The number of halogens is 2. The molecule has 0 aliphatic rings. The summed E-state index contributed by atoms with van der Waals surface area (Å²) in [5.41, 5.74) is 7.01. The molecular weight excluding hydrogens is 372 g/mol. The van der Waals surface area contributed by atoms with E-state index in [4.69, 9.17) is 29.6 Å². The monoisotopic (exact) mass is 382 g/mol. The summed E-state index contributed by atoms with van der Waals surface area (Å²) in [6, 6.07) is 13.8. The number of benzene rings is 2. The van der Waals surface area contributed by atoms with Gasteiger partial charge >= 0.3 is 0 Å². The van der Waals surface area contributed by atoms with Crippen LogP contribution in [0, 0.1) is 0 Å². The zero-order chi connectivity index (χ0) is 15.4. The number of amides is 1. The van der Waals surface area contributed by atoms with Crippen LogP contribution in [-0.4, -0.2) is 10.9 Å². The second-order valence-corrected chi connectivity index (χ2v) is 6.20. The second kappa shape index (κ2) is 7.02. The largest absolute Gasteiger partial charge is 0.391 e. The number of carbonyl (C=O) groups is 1. The summed E-state index contributed by atoms with van der Waals surface area (Å²) in [5, 5.41) is 3.29. The Balaban J connectivity index is 2.25. The Bertz CT molecular complexity index is 658. The number of thiocarbonyl (C=S) groups is 1. The average molecular weight is 384 g/mol. The van der Waals surface area contributed by atoms with Crippen LogP contribution in [-0.2, 0) is 0 Å². The van der Waals surface area contributed by atoms with Gasteiger partial charge in [0.15, 0.2) is 0 Å². The molecule has 0 heterocycles. The van der Waals surface area contributed by atoms with Crippen molar-refractivity contribution in [2.75, 3.05) is 0 Å². The smallest absolute Gasteiger partial charge is 0.252 e. The highest BCUT2D eigenvalue weighted by Gasteiger charge is 2.18. The van der Waals surface area contributed by atoms with Crippen LogP contribution in [0.5, 0.6) is 0 Å². The summed E-state index contributed by atoms with van der Waals surface area (Å²) in [4.78, 5) is 12.5. The standard InChI is InChI=1S/C15H12BrClN2OS/c16-11-6-10(7-12(17)8-11)15(20)19-13(14(18)21)9-4-2-1-3-5-9/h1-8,13H,(H2,18,21)(H,19,20). The van der Waals surface area contributed by atoms with Gasteiger partial charge in [0.05, 0.1) is 0 Å². The van der Waals surface area contributed by atoms with Gasteiger partial charge in [0.1, 0.15) is 11.0 Å². The lowest BCUT2D eigenvalue weighted by Crippen LogP contribution is -2.36. The number of hydrogen-bond acceptors (Lipinski definition) is 2. The van der Waals surface area contributed by atoms with E-state index in [0.29, 0.717) is 10.6 Å². The quantitative estimate of drug-likeness (QED) is 0.788. The molecule has 0 radical (unpaired) electrons. The molecule has 0 aromatic heterocycles. The summed E-state index contributed by atoms with van der Waals surface area (Å²) in [6.07, 6.45) is 0. The van der Waals surface area contributed by atoms with Crippen molar-refractivity contribution in [3.63, 3.8) is 0 Å². The fraction of sp³-hybridized carbons (Fsp3) is 0.0667. The number of hydrogen-bond donors (Lipinski definition) is 2. The van der Waals surface area contributed by atoms with Crippen molar-refractivity contribution >= 4 is 50.6 Å². The van der Waals surface area contributed by atoms with Crippen molar-refractivity contribution in [2.45, 2.75) is 6.04 Å². The molecule has 0 aliphatic heterocycles. The lowest BCUT2D eigenvalue weighted by atomic mass is 10.1. The molecule has 0 saturated carbocycles. The molecule has 1 unspecified atom stereocenters. The topological polar surface area (TPSA) is 55.1 Å². The highest BCUT2D eigenvalue weighted by atomic mass is 79.9. The lowest BCUT2D eigenvalue weighted by molar-refractivity contribution is 0.0947. The van der Waals surface area contributed by atoms with Crippen molar-refractivity contribution in [3.8, 4) is 0 Å². The van der Waals surface area contributed by atoms with Crippen molar-refractivity contribution in [3.05, 3.63) is 69.2 Å². The van der Waals surface area contributed by atoms with Crippen molar-refractivity contribution in [1.29, 1.82) is 0 Å². The zero-order valence-electron chi connectivity index (χ0n) is 10.8. The number of rotatable bonds is 4. The van der Waals surface area contributed by atoms with Gasteiger partial charge in [0.25, 0.3) is 5.91 Å². The van der Waals surface area contributed by atoms with Gasteiger partial charge in [-0.15, -0.1) is 0 Å². The second-order valence-electron chi connectivity index (χ2n) is 4.38. The van der Waals surface area contributed by atoms with Crippen molar-refractivity contribution < 1.29 is 4.79 Å². The van der Waals surface area contributed by atoms with Crippen molar-refractivity contribution in [2.24, 2.45) is 5.73 Å². The Kier molecular flexibility index (Phi) is 5.33. The SMILES string of the molecule is NC(=S)C(NC(=O)c1cc(Cl)cc(Br)c1)c1ccccc1. The first kappa shape index (κ1) is 15.9. The molecule has 1 atom stereocenters. The predicted octanol–water partition coefficient (Wildman–Crippen LogP) is 3.86. The first-order valence-electron chi connectivity index (χ1n) is 6.08. The van der Waals surface area contributed by atoms with E-state index in [2.05, 4.69) is 21.2 Å². The highest BCUT2D eigenvalue weighted by Crippen LogP contribution is 2.21. The minimum atomic E-state index is -0.522. The molecule has 21 heavy (non-hydrogen) atoms. The van der Waals surface area contributed by atoms with Gasteiger partial charge in [-0.05, 0) is 23.8 Å². The Morgan fingerprint density at radius 2 is 1.90 bits per heavy atom. The molecule has 1 amide bonds. The normalized spacial score (nSPS) is 11.7. The van der Waals surface area contributed by atoms with E-state index in [1.807, 2.05) is 30.3 Å². The molecule has 0 fully saturated rings. The van der Waals surface area contributed by atoms with Gasteiger partial charge in [0.2, 0.25) is 0 Å². The van der Waals surface area contributed by atoms with Crippen LogP contribution in [0.1, 0.15) is 22.0 Å². The van der Waals surface area contributed by atoms with E-state index in [1.54, 1.807) is 18.2 Å². The van der Waals surface area contributed by atoms with E-state index in [0.717, 1.165) is 10.0 Å². The molecule has 0 aliphatic carbocycles. The van der Waals surface area contributed by atoms with Crippen LogP contribution < -0.4 is 11.1 Å². The molecular formula is C15H12BrClN2OS. The minimum absolute atomic E-state index is 0.204. The molecule has 0 saturated heterocycles. The fourth-order valence-electron chi connectivity index (χ4n) is 1.86. The minimum Gasteiger partial charge on any atom is -0.391 e. The molecule has 0 spiro atoms. The van der Waals surface area contributed by atoms with Crippen LogP contribution in [0.4, 0.5) is 0 Å². The third-order valence-electron chi connectivity index (χ3n) is 2.82. The maximum absolute atomic E-state index is 12.3. The molecule has 6 heteroatoms. The van der Waals surface area contributed by atoms with E-state index < -0.39 is 6.04 Å². The fourth-order valence-corrected chi connectivity index (χ4v) is 2.92. The van der Waals surface area contributed by atoms with E-state index in [-0.39, 0.29) is 10.9 Å². The predicted molar refractivity (Wildman–Crippen MR) is 92.6 cm³/mol. The van der Waals surface area contributed by atoms with Gasteiger partial charge < -0.3 is 11.1 Å². The van der Waals surface area contributed by atoms with Gasteiger partial charge in [-0.3, -0.25) is 4.79 Å². The summed E-state index contributed by atoms with van der Waals surface area (Å²) in [5.74, 6) is -0.292. The van der Waals surface area contributed by atoms with Gasteiger partial charge in [-0.1, -0.05) is 70.1 Å². The number of nitrogens with one attached hydrogen (secondary N) is 1. The summed E-state index contributed by atoms with van der Waals surface area (Å²) < 4.78 is 0.728. The van der Waals surface area contributed by atoms with Gasteiger partial charge in [-0.2, -0.15) is 0 Å². The lowest BCUT2D eigenvalue weighted by Gasteiger charge is -2.18. The highest BCUT2D eigenvalue weighted by molar-refractivity contribution is 9.10. The molecule has 2 rings (SSSR count). The molecule has 108 valence electrons. The first-order chi connectivity index (χ1) is 9.97. The Morgan fingerprint density at radius 3 is 2.48 bits per heavy atom. The third kappa shape index (κ3) is 4.27. The van der Waals surface area contributed by atoms with Crippen LogP contribution in [0.15, 0.2) is 53.0 Å². The van der Waals surface area contributed by atoms with Gasteiger partial charge in [0, 0.05) is 15.1 Å². The Morgan fingerprint density at radius 1 is 1.24 bits per heavy atom. The van der Waals surface area contributed by atoms with E-state index >= 15 is 0 Å². The Hall–Kier alpha value is -1.43. The number of nitrogens with two attached hydrogens (primary N) is 1. The summed E-state index contributed by atoms with van der Waals surface area (Å²) in [7, 11) is 0. The maximum atomic E-state index is 12.3. The molecule has 2 aromatic rings. The van der Waals surface area contributed by atoms with Crippen LogP contribution in [0.2, 0.25) is 5.02 Å². The molecule has 3 nitrogen and oxygen atoms in total. The number of carbonyl (C=O) groups excluding carboxylic acids is 1. The van der Waals surface area contributed by atoms with Crippen molar-refractivity contribution in [1.82, 2.24) is 5.32 Å². The summed E-state index contributed by atoms with van der Waals surface area (Å²) >= 11 is 14.3. The summed E-state index contributed by atoms with van der Waals surface area (Å²) in [6.45, 7) is 0. The first-order valence-corrected chi connectivity index (χ1v) is 7.66. The average Bonchev–Trinajstić information content (AvgIpc) is 2.44. The van der Waals surface area contributed by atoms with Gasteiger partial charge in [-0.25, -0.2) is 0 Å². The van der Waals surface area contributed by atoms with E-state index in [9.17, 15) is 4.79 Å². The molecule has 2 aromatic carbocycles. The third-order valence-corrected chi connectivity index (χ3v) is 3.73. The maximum Gasteiger partial charge on any atom is 0.252 e. The van der Waals surface area contributed by atoms with Crippen LogP contribution in [0.25, 0.3) is 0 Å². The van der Waals surface area contributed by atoms with Crippen LogP contribution in [0.3, 0.4) is 0 Å². The Labute approximate surface area is 141 Å².